The molecule has 52 valence electrons. The predicted octanol–water partition coefficient (Wildman–Crippen LogP) is 1.53. The Morgan fingerprint density at radius 3 is 3.30 bits per heavy atom. The molecule has 0 N–H and O–H groups in total. The molecule has 1 aromatic rings. The fourth-order valence-corrected chi connectivity index (χ4v) is 0.576. The van der Waals surface area contributed by atoms with Gasteiger partial charge >= 0.3 is 0 Å². The van der Waals surface area contributed by atoms with E-state index in [2.05, 4.69) is 19.7 Å². The van der Waals surface area contributed by atoms with Gasteiger partial charge in [-0.15, -0.1) is 0 Å². The van der Waals surface area contributed by atoms with Gasteiger partial charge in [0.2, 0.25) is 0 Å². The molecule has 1 rings (SSSR count). The fraction of sp³-hybridized carbons (Fsp3) is 0.400. The zero-order valence-electron chi connectivity index (χ0n) is 5.27. The summed E-state index contributed by atoms with van der Waals surface area (Å²) in [5.41, 5.74) is 8.72. The first-order valence-electron chi connectivity index (χ1n) is 2.83. The van der Waals surface area contributed by atoms with Crippen molar-refractivity contribution in [3.63, 3.8) is 0 Å². The molecule has 0 aromatic carbocycles. The number of nitrogens with zero attached hydrogens (tertiary/aromatic N) is 4. The van der Waals surface area contributed by atoms with Gasteiger partial charge in [-0.25, -0.2) is 0 Å². The lowest BCUT2D eigenvalue weighted by Gasteiger charge is -1.83. The number of hydrogen-bond donors (Lipinski definition) is 0. The molecule has 5 nitrogen and oxygen atoms in total. The summed E-state index contributed by atoms with van der Waals surface area (Å²) >= 11 is 0. The van der Waals surface area contributed by atoms with Gasteiger partial charge in [-0.1, -0.05) is 10.3 Å². The maximum absolute atomic E-state index is 7.91. The van der Waals surface area contributed by atoms with Crippen LogP contribution in [0.5, 0.6) is 0 Å². The minimum atomic E-state index is 0.434. The standard InChI is InChI=1S/C5H6N4O/c6-9-7-3-1-5-2-4-10-8-5/h2,4H,1,3H2. The third-order valence-corrected chi connectivity index (χ3v) is 1.02. The lowest BCUT2D eigenvalue weighted by molar-refractivity contribution is 0.412. The molecule has 1 heterocycles. The summed E-state index contributed by atoms with van der Waals surface area (Å²) in [4.78, 5) is 2.60. The second-order valence-corrected chi connectivity index (χ2v) is 1.70. The van der Waals surface area contributed by atoms with Crippen molar-refractivity contribution in [2.24, 2.45) is 5.11 Å². The van der Waals surface area contributed by atoms with Crippen molar-refractivity contribution in [1.82, 2.24) is 5.16 Å². The van der Waals surface area contributed by atoms with Crippen LogP contribution in [0.4, 0.5) is 0 Å². The van der Waals surface area contributed by atoms with Gasteiger partial charge in [-0.2, -0.15) is 0 Å². The Balaban J connectivity index is 2.34. The van der Waals surface area contributed by atoms with Crippen molar-refractivity contribution in [1.29, 1.82) is 0 Å². The number of hydrogen-bond acceptors (Lipinski definition) is 3. The molecule has 10 heavy (non-hydrogen) atoms. The Morgan fingerprint density at radius 2 is 2.70 bits per heavy atom. The van der Waals surface area contributed by atoms with Gasteiger partial charge in [0.15, 0.2) is 0 Å². The van der Waals surface area contributed by atoms with Gasteiger partial charge in [0.05, 0.1) is 5.69 Å². The van der Waals surface area contributed by atoms with Crippen molar-refractivity contribution < 1.29 is 4.52 Å². The van der Waals surface area contributed by atoms with Crippen molar-refractivity contribution in [2.75, 3.05) is 6.54 Å². The molecule has 0 unspecified atom stereocenters. The van der Waals surface area contributed by atoms with Crippen molar-refractivity contribution in [3.05, 3.63) is 28.5 Å². The van der Waals surface area contributed by atoms with Crippen LogP contribution < -0.4 is 0 Å². The third kappa shape index (κ3) is 1.80. The Kier molecular flexibility index (Phi) is 2.34. The highest BCUT2D eigenvalue weighted by molar-refractivity contribution is 4.95. The number of aromatic nitrogens is 1. The smallest absolute Gasteiger partial charge is 0.124 e. The van der Waals surface area contributed by atoms with Crippen molar-refractivity contribution in [3.8, 4) is 0 Å². The van der Waals surface area contributed by atoms with E-state index in [1.54, 1.807) is 6.07 Å². The van der Waals surface area contributed by atoms with Crippen LogP contribution in [0, 0.1) is 0 Å². The maximum Gasteiger partial charge on any atom is 0.124 e. The molecule has 0 fully saturated rings. The fourth-order valence-electron chi connectivity index (χ4n) is 0.576. The van der Waals surface area contributed by atoms with E-state index >= 15 is 0 Å². The summed E-state index contributed by atoms with van der Waals surface area (Å²) in [5, 5.41) is 6.98. The second kappa shape index (κ2) is 3.53. The monoisotopic (exact) mass is 138 g/mol. The third-order valence-electron chi connectivity index (χ3n) is 1.02. The van der Waals surface area contributed by atoms with E-state index in [0.29, 0.717) is 13.0 Å². The lowest BCUT2D eigenvalue weighted by atomic mass is 10.3. The highest BCUT2D eigenvalue weighted by Crippen LogP contribution is 1.94. The molecule has 0 amide bonds. The summed E-state index contributed by atoms with van der Waals surface area (Å²) in [6, 6.07) is 1.74. The lowest BCUT2D eigenvalue weighted by Crippen LogP contribution is -1.86. The topological polar surface area (TPSA) is 74.8 Å². The first-order valence-corrected chi connectivity index (χ1v) is 2.83. The zero-order chi connectivity index (χ0) is 7.23. The summed E-state index contributed by atoms with van der Waals surface area (Å²) in [7, 11) is 0. The molecule has 0 bridgehead atoms. The molecule has 0 spiro atoms. The van der Waals surface area contributed by atoms with Crippen LogP contribution in [0.15, 0.2) is 22.0 Å². The average Bonchev–Trinajstić information content (AvgIpc) is 2.41. The summed E-state index contributed by atoms with van der Waals surface area (Å²) in [6.07, 6.45) is 2.13. The first-order chi connectivity index (χ1) is 4.93. The summed E-state index contributed by atoms with van der Waals surface area (Å²) < 4.78 is 4.56. The summed E-state index contributed by atoms with van der Waals surface area (Å²) in [5.74, 6) is 0. The Labute approximate surface area is 57.3 Å². The highest BCUT2D eigenvalue weighted by atomic mass is 16.5. The van der Waals surface area contributed by atoms with E-state index in [-0.39, 0.29) is 0 Å². The molecule has 0 saturated heterocycles. The van der Waals surface area contributed by atoms with Gasteiger partial charge < -0.3 is 4.52 Å². The molecule has 0 atom stereocenters. The van der Waals surface area contributed by atoms with Crippen LogP contribution in [-0.4, -0.2) is 11.7 Å². The van der Waals surface area contributed by atoms with Gasteiger partial charge in [0.25, 0.3) is 0 Å². The SMILES string of the molecule is [N-]=[N+]=NCCc1ccon1. The molecule has 0 aliphatic carbocycles. The zero-order valence-corrected chi connectivity index (χ0v) is 5.27. The largest absolute Gasteiger partial charge is 0.365 e. The van der Waals surface area contributed by atoms with E-state index in [4.69, 9.17) is 5.53 Å². The van der Waals surface area contributed by atoms with Crippen LogP contribution >= 0.6 is 0 Å². The van der Waals surface area contributed by atoms with Crippen molar-refractivity contribution >= 4 is 0 Å². The summed E-state index contributed by atoms with van der Waals surface area (Å²) in [6.45, 7) is 0.434. The maximum atomic E-state index is 7.91. The molecule has 5 heteroatoms. The van der Waals surface area contributed by atoms with Gasteiger partial charge in [-0.3, -0.25) is 0 Å². The van der Waals surface area contributed by atoms with Gasteiger partial charge in [0.1, 0.15) is 6.26 Å². The number of azide groups is 1. The molecule has 0 radical (unpaired) electrons. The van der Waals surface area contributed by atoms with E-state index in [0.717, 1.165) is 5.69 Å². The highest BCUT2D eigenvalue weighted by Gasteiger charge is 1.92. The number of rotatable bonds is 3. The van der Waals surface area contributed by atoms with Crippen LogP contribution in [0.2, 0.25) is 0 Å². The Morgan fingerprint density at radius 1 is 1.80 bits per heavy atom. The quantitative estimate of drug-likeness (QED) is 0.360. The first kappa shape index (κ1) is 6.64. The predicted molar refractivity (Wildman–Crippen MR) is 34.2 cm³/mol. The van der Waals surface area contributed by atoms with Crippen molar-refractivity contribution in [2.45, 2.75) is 6.42 Å². The Bertz CT molecular complexity index is 224. The molecular weight excluding hydrogens is 132 g/mol. The van der Waals surface area contributed by atoms with Crippen LogP contribution in [0.1, 0.15) is 5.69 Å². The molecule has 1 aromatic heterocycles. The van der Waals surface area contributed by atoms with Crippen LogP contribution in [-0.2, 0) is 6.42 Å². The minimum absolute atomic E-state index is 0.434. The van der Waals surface area contributed by atoms with Gasteiger partial charge in [-0.05, 0) is 12.0 Å². The molecule has 0 aliphatic rings. The second-order valence-electron chi connectivity index (χ2n) is 1.70. The van der Waals surface area contributed by atoms with E-state index in [1.165, 1.54) is 6.26 Å². The van der Waals surface area contributed by atoms with E-state index in [1.807, 2.05) is 0 Å². The van der Waals surface area contributed by atoms with Crippen LogP contribution in [0.3, 0.4) is 0 Å². The average molecular weight is 138 g/mol. The normalized spacial score (nSPS) is 8.80. The molecule has 0 saturated carbocycles. The minimum Gasteiger partial charge on any atom is -0.365 e. The van der Waals surface area contributed by atoms with Gasteiger partial charge in [0, 0.05) is 17.5 Å². The molecule has 0 aliphatic heterocycles. The molecular formula is C5H6N4O. The van der Waals surface area contributed by atoms with Crippen LogP contribution in [0.25, 0.3) is 10.4 Å². The van der Waals surface area contributed by atoms with E-state index in [9.17, 15) is 0 Å². The van der Waals surface area contributed by atoms with E-state index < -0.39 is 0 Å². The Hall–Kier alpha value is -1.48.